The Balaban J connectivity index is 1.70. The molecule has 2 heterocycles. The first-order valence-corrected chi connectivity index (χ1v) is 10.5. The van der Waals surface area contributed by atoms with Gasteiger partial charge in [0.25, 0.3) is 5.91 Å². The number of hydrogen-bond donors (Lipinski definition) is 0. The van der Waals surface area contributed by atoms with Crippen LogP contribution >= 0.6 is 0 Å². The number of fused-ring (bicyclic) bond motifs is 3. The van der Waals surface area contributed by atoms with Gasteiger partial charge in [0, 0.05) is 19.4 Å². The van der Waals surface area contributed by atoms with Crippen LogP contribution in [0, 0.1) is 6.92 Å². The highest BCUT2D eigenvalue weighted by atomic mass is 16.5. The Morgan fingerprint density at radius 1 is 0.935 bits per heavy atom. The summed E-state index contributed by atoms with van der Waals surface area (Å²) in [6, 6.07) is 23.3. The minimum absolute atomic E-state index is 0.0419. The van der Waals surface area contributed by atoms with E-state index < -0.39 is 5.66 Å². The minimum Gasteiger partial charge on any atom is -0.497 e. The minimum atomic E-state index is -0.837. The third-order valence-electron chi connectivity index (χ3n) is 6.39. The van der Waals surface area contributed by atoms with Crippen LogP contribution < -0.4 is 9.64 Å². The molecule has 1 saturated heterocycles. The summed E-state index contributed by atoms with van der Waals surface area (Å²) in [6.07, 6.45) is 0.958. The number of anilines is 1. The molecule has 0 bridgehead atoms. The lowest BCUT2D eigenvalue weighted by atomic mass is 9.88. The van der Waals surface area contributed by atoms with Gasteiger partial charge in [0.1, 0.15) is 11.4 Å². The number of methoxy groups -OCH3 is 1. The van der Waals surface area contributed by atoms with E-state index in [1.807, 2.05) is 89.5 Å². The molecule has 0 N–H and O–H groups in total. The molecule has 0 aromatic heterocycles. The molecule has 3 aromatic carbocycles. The summed E-state index contributed by atoms with van der Waals surface area (Å²) in [4.78, 5) is 30.7. The number of amides is 2. The van der Waals surface area contributed by atoms with Crippen LogP contribution in [0.3, 0.4) is 0 Å². The monoisotopic (exact) mass is 412 g/mol. The molecule has 5 heteroatoms. The van der Waals surface area contributed by atoms with E-state index in [0.717, 1.165) is 22.4 Å². The predicted molar refractivity (Wildman–Crippen MR) is 119 cm³/mol. The average Bonchev–Trinajstić information content (AvgIpc) is 3.15. The number of ether oxygens (including phenoxy) is 1. The number of nitrogens with zero attached hydrogens (tertiary/aromatic N) is 2. The highest BCUT2D eigenvalue weighted by Crippen LogP contribution is 2.50. The van der Waals surface area contributed by atoms with Gasteiger partial charge in [0.05, 0.1) is 18.4 Å². The molecule has 2 amide bonds. The molecule has 2 aliphatic heterocycles. The summed E-state index contributed by atoms with van der Waals surface area (Å²) in [5.74, 6) is 0.753. The van der Waals surface area contributed by atoms with E-state index in [1.54, 1.807) is 7.11 Å². The molecule has 0 saturated carbocycles. The summed E-state index contributed by atoms with van der Waals surface area (Å²) in [7, 11) is 1.63. The van der Waals surface area contributed by atoms with Crippen molar-refractivity contribution in [2.75, 3.05) is 12.0 Å². The normalized spacial score (nSPS) is 19.9. The van der Waals surface area contributed by atoms with Crippen molar-refractivity contribution in [3.05, 3.63) is 95.1 Å². The SMILES string of the molecule is COc1ccc(CN2C(=O)c3ccccc3N3C(=O)CCC23c2ccc(C)cc2)cc1. The van der Waals surface area contributed by atoms with Crippen LogP contribution in [0.1, 0.15) is 39.9 Å². The average molecular weight is 412 g/mol. The van der Waals surface area contributed by atoms with Crippen molar-refractivity contribution in [2.45, 2.75) is 32.0 Å². The van der Waals surface area contributed by atoms with E-state index in [4.69, 9.17) is 4.74 Å². The van der Waals surface area contributed by atoms with Crippen LogP contribution in [-0.4, -0.2) is 23.8 Å². The van der Waals surface area contributed by atoms with Crippen LogP contribution in [0.5, 0.6) is 5.75 Å². The molecule has 5 nitrogen and oxygen atoms in total. The largest absolute Gasteiger partial charge is 0.497 e. The Kier molecular flexibility index (Phi) is 4.54. The zero-order valence-electron chi connectivity index (χ0n) is 17.7. The molecule has 2 aliphatic rings. The number of benzene rings is 3. The van der Waals surface area contributed by atoms with Crippen LogP contribution in [0.4, 0.5) is 5.69 Å². The van der Waals surface area contributed by atoms with Gasteiger partial charge in [-0.05, 0) is 42.3 Å². The van der Waals surface area contributed by atoms with E-state index in [1.165, 1.54) is 0 Å². The number of carbonyl (C=O) groups is 2. The van der Waals surface area contributed by atoms with Crippen molar-refractivity contribution in [1.82, 2.24) is 4.90 Å². The lowest BCUT2D eigenvalue weighted by Crippen LogP contribution is -2.61. The Labute approximate surface area is 181 Å². The Hall–Kier alpha value is -3.60. The Morgan fingerprint density at radius 2 is 1.65 bits per heavy atom. The van der Waals surface area contributed by atoms with Crippen molar-refractivity contribution in [1.29, 1.82) is 0 Å². The first kappa shape index (κ1) is 19.4. The third-order valence-corrected chi connectivity index (χ3v) is 6.39. The van der Waals surface area contributed by atoms with Crippen molar-refractivity contribution in [3.8, 4) is 5.75 Å². The van der Waals surface area contributed by atoms with Gasteiger partial charge in [-0.2, -0.15) is 0 Å². The quantitative estimate of drug-likeness (QED) is 0.627. The maximum absolute atomic E-state index is 13.8. The van der Waals surface area contributed by atoms with E-state index in [0.29, 0.717) is 30.6 Å². The topological polar surface area (TPSA) is 49.9 Å². The molecular weight excluding hydrogens is 388 g/mol. The number of carbonyl (C=O) groups excluding carboxylic acids is 2. The molecule has 1 unspecified atom stereocenters. The zero-order chi connectivity index (χ0) is 21.6. The van der Waals surface area contributed by atoms with E-state index in [9.17, 15) is 9.59 Å². The van der Waals surface area contributed by atoms with Gasteiger partial charge < -0.3 is 9.64 Å². The molecule has 5 rings (SSSR count). The molecule has 0 radical (unpaired) electrons. The second-order valence-corrected chi connectivity index (χ2v) is 8.17. The molecule has 1 fully saturated rings. The predicted octanol–water partition coefficient (Wildman–Crippen LogP) is 4.64. The maximum atomic E-state index is 13.8. The standard InChI is InChI=1S/C26H24N2O3/c1-18-7-11-20(12-8-18)26-16-15-24(29)28(26)23-6-4-3-5-22(23)25(30)27(26)17-19-9-13-21(31-2)14-10-19/h3-14H,15-17H2,1-2H3. The summed E-state index contributed by atoms with van der Waals surface area (Å²) < 4.78 is 5.28. The van der Waals surface area contributed by atoms with Gasteiger partial charge in [0.15, 0.2) is 0 Å². The molecule has 3 aromatic rings. The van der Waals surface area contributed by atoms with Gasteiger partial charge in [-0.15, -0.1) is 0 Å². The second kappa shape index (κ2) is 7.27. The van der Waals surface area contributed by atoms with Gasteiger partial charge in [-0.1, -0.05) is 54.1 Å². The smallest absolute Gasteiger partial charge is 0.258 e. The highest BCUT2D eigenvalue weighted by molar-refractivity contribution is 6.10. The zero-order valence-corrected chi connectivity index (χ0v) is 17.7. The molecule has 0 aliphatic carbocycles. The van der Waals surface area contributed by atoms with Gasteiger partial charge in [-0.25, -0.2) is 0 Å². The van der Waals surface area contributed by atoms with Crippen LogP contribution in [-0.2, 0) is 17.0 Å². The molecule has 31 heavy (non-hydrogen) atoms. The summed E-state index contributed by atoms with van der Waals surface area (Å²) in [5.41, 5.74) is 3.51. The van der Waals surface area contributed by atoms with Crippen molar-refractivity contribution in [3.63, 3.8) is 0 Å². The first-order chi connectivity index (χ1) is 15.0. The van der Waals surface area contributed by atoms with E-state index >= 15 is 0 Å². The first-order valence-electron chi connectivity index (χ1n) is 10.5. The summed E-state index contributed by atoms with van der Waals surface area (Å²) in [6.45, 7) is 2.43. The molecular formula is C26H24N2O3. The number of aryl methyl sites for hydroxylation is 1. The highest BCUT2D eigenvalue weighted by Gasteiger charge is 2.56. The third kappa shape index (κ3) is 2.92. The number of hydrogen-bond acceptors (Lipinski definition) is 3. The van der Waals surface area contributed by atoms with Crippen molar-refractivity contribution < 1.29 is 14.3 Å². The number of rotatable bonds is 4. The summed E-state index contributed by atoms with van der Waals surface area (Å²) in [5, 5.41) is 0. The van der Waals surface area contributed by atoms with Crippen molar-refractivity contribution in [2.24, 2.45) is 0 Å². The Morgan fingerprint density at radius 3 is 2.35 bits per heavy atom. The van der Waals surface area contributed by atoms with Gasteiger partial charge in [0.2, 0.25) is 5.91 Å². The van der Waals surface area contributed by atoms with Crippen LogP contribution in [0.15, 0.2) is 72.8 Å². The van der Waals surface area contributed by atoms with Crippen LogP contribution in [0.25, 0.3) is 0 Å². The Bertz CT molecular complexity index is 1150. The van der Waals surface area contributed by atoms with E-state index in [-0.39, 0.29) is 11.8 Å². The van der Waals surface area contributed by atoms with E-state index in [2.05, 4.69) is 0 Å². The molecule has 156 valence electrons. The van der Waals surface area contributed by atoms with Crippen molar-refractivity contribution >= 4 is 17.5 Å². The fourth-order valence-corrected chi connectivity index (χ4v) is 4.83. The summed E-state index contributed by atoms with van der Waals surface area (Å²) >= 11 is 0. The maximum Gasteiger partial charge on any atom is 0.258 e. The van der Waals surface area contributed by atoms with Gasteiger partial charge >= 0.3 is 0 Å². The second-order valence-electron chi connectivity index (χ2n) is 8.17. The lowest BCUT2D eigenvalue weighted by Gasteiger charge is -2.51. The fraction of sp³-hybridized carbons (Fsp3) is 0.231. The van der Waals surface area contributed by atoms with Crippen LogP contribution in [0.2, 0.25) is 0 Å². The molecule has 0 spiro atoms. The number of para-hydroxylation sites is 1. The molecule has 1 atom stereocenters. The fourth-order valence-electron chi connectivity index (χ4n) is 4.83. The lowest BCUT2D eigenvalue weighted by molar-refractivity contribution is -0.118. The van der Waals surface area contributed by atoms with Gasteiger partial charge in [-0.3, -0.25) is 14.5 Å².